The van der Waals surface area contributed by atoms with Crippen LogP contribution in [0, 0.1) is 26.7 Å². The molecule has 2 aromatic rings. The van der Waals surface area contributed by atoms with Gasteiger partial charge in [0.1, 0.15) is 22.9 Å². The standard InChI is InChI=1S/C17H16F2N4O6/c1-17(2,3)28-16(24)20-12-6-4-11(19)9-15(12)23(27)29-21-13-7-5-10(18)8-14(13)22(25)26/h4-9,21H,1-3H3/p+1. The van der Waals surface area contributed by atoms with Crippen molar-refractivity contribution in [3.05, 3.63) is 63.1 Å². The molecule has 0 fully saturated rings. The van der Waals surface area contributed by atoms with E-state index >= 15 is 0 Å². The van der Waals surface area contributed by atoms with Crippen LogP contribution in [0.1, 0.15) is 20.8 Å². The molecule has 0 aromatic heterocycles. The Hall–Kier alpha value is -3.83. The number of carbonyl (C=O) groups excluding carboxylic acids is 1. The second kappa shape index (κ2) is 8.46. The zero-order valence-corrected chi connectivity index (χ0v) is 15.6. The second-order valence-corrected chi connectivity index (χ2v) is 6.66. The number of nitro benzene ring substituents is 1. The molecule has 0 bridgehead atoms. The number of ether oxygens (including phenoxy) is 1. The molecule has 0 saturated heterocycles. The Morgan fingerprint density at radius 3 is 2.10 bits per heavy atom. The van der Waals surface area contributed by atoms with Crippen molar-refractivity contribution in [2.45, 2.75) is 26.4 Å². The van der Waals surface area contributed by atoms with Crippen LogP contribution < -0.4 is 10.8 Å². The summed E-state index contributed by atoms with van der Waals surface area (Å²) in [6, 6.07) is 5.36. The molecule has 29 heavy (non-hydrogen) atoms. The molecule has 10 nitrogen and oxygen atoms in total. The fraction of sp³-hybridized carbons (Fsp3) is 0.235. The first-order chi connectivity index (χ1) is 13.5. The predicted octanol–water partition coefficient (Wildman–Crippen LogP) is 4.59. The Kier molecular flexibility index (Phi) is 6.26. The molecule has 0 aliphatic rings. The monoisotopic (exact) mass is 411 g/mol. The number of nitro groups is 1. The third-order valence-corrected chi connectivity index (χ3v) is 3.19. The first kappa shape index (κ1) is 21.5. The van der Waals surface area contributed by atoms with Crippen molar-refractivity contribution in [1.29, 1.82) is 0 Å². The van der Waals surface area contributed by atoms with E-state index in [1.165, 1.54) is 0 Å². The van der Waals surface area contributed by atoms with E-state index in [1.54, 1.807) is 20.8 Å². The Morgan fingerprint density at radius 1 is 1.00 bits per heavy atom. The summed E-state index contributed by atoms with van der Waals surface area (Å²) < 4.78 is 31.8. The molecule has 0 radical (unpaired) electrons. The number of carbonyl (C=O) groups is 1. The van der Waals surface area contributed by atoms with Crippen LogP contribution in [0.25, 0.3) is 0 Å². The van der Waals surface area contributed by atoms with Gasteiger partial charge in [0.25, 0.3) is 10.6 Å². The van der Waals surface area contributed by atoms with Crippen LogP contribution in [0.4, 0.5) is 36.3 Å². The zero-order valence-electron chi connectivity index (χ0n) is 15.6. The van der Waals surface area contributed by atoms with E-state index in [0.717, 1.165) is 30.3 Å². The molecule has 0 heterocycles. The lowest BCUT2D eigenvalue weighted by molar-refractivity contribution is -0.735. The van der Waals surface area contributed by atoms with Crippen molar-refractivity contribution < 1.29 is 33.1 Å². The summed E-state index contributed by atoms with van der Waals surface area (Å²) in [6.07, 6.45) is -0.902. The molecule has 0 aliphatic heterocycles. The van der Waals surface area contributed by atoms with Crippen LogP contribution in [-0.4, -0.2) is 21.5 Å². The molecule has 0 saturated carbocycles. The largest absolute Gasteiger partial charge is 0.444 e. The minimum Gasteiger partial charge on any atom is -0.444 e. The smallest absolute Gasteiger partial charge is 0.412 e. The summed E-state index contributed by atoms with van der Waals surface area (Å²) in [5.41, 5.74) is -0.447. The van der Waals surface area contributed by atoms with Gasteiger partial charge >= 0.3 is 11.8 Å². The number of halogens is 2. The van der Waals surface area contributed by atoms with Gasteiger partial charge in [-0.15, -0.1) is 5.48 Å². The van der Waals surface area contributed by atoms with Gasteiger partial charge in [-0.3, -0.25) is 15.4 Å². The van der Waals surface area contributed by atoms with E-state index in [2.05, 4.69) is 10.3 Å². The van der Waals surface area contributed by atoms with Crippen molar-refractivity contribution in [3.8, 4) is 0 Å². The summed E-state index contributed by atoms with van der Waals surface area (Å²) in [7, 11) is 0. The third-order valence-electron chi connectivity index (χ3n) is 3.19. The van der Waals surface area contributed by atoms with E-state index in [1.807, 2.05) is 5.48 Å². The highest BCUT2D eigenvalue weighted by Crippen LogP contribution is 2.28. The van der Waals surface area contributed by atoms with Crippen molar-refractivity contribution in [2.24, 2.45) is 0 Å². The Balaban J connectivity index is 2.20. The highest BCUT2D eigenvalue weighted by Gasteiger charge is 2.28. The number of anilines is 2. The van der Waals surface area contributed by atoms with Gasteiger partial charge in [-0.1, -0.05) is 4.94 Å². The zero-order chi connectivity index (χ0) is 21.8. The number of rotatable bonds is 6. The van der Waals surface area contributed by atoms with Crippen molar-refractivity contribution in [3.63, 3.8) is 0 Å². The fourth-order valence-corrected chi connectivity index (χ4v) is 2.06. The molecule has 2 aromatic carbocycles. The number of amides is 1. The maximum absolute atomic E-state index is 13.6. The van der Waals surface area contributed by atoms with Gasteiger partial charge in [-0.2, -0.15) is 0 Å². The number of hydrogen-bond acceptors (Lipinski definition) is 7. The predicted molar refractivity (Wildman–Crippen MR) is 97.3 cm³/mol. The highest BCUT2D eigenvalue weighted by atomic mass is 19.1. The van der Waals surface area contributed by atoms with Crippen LogP contribution in [0.15, 0.2) is 36.4 Å². The number of hydrogen-bond donors (Lipinski definition) is 2. The summed E-state index contributed by atoms with van der Waals surface area (Å²) in [4.78, 5) is 38.7. The Morgan fingerprint density at radius 2 is 1.55 bits per heavy atom. The van der Waals surface area contributed by atoms with Gasteiger partial charge in [0.2, 0.25) is 0 Å². The quantitative estimate of drug-likeness (QED) is 0.526. The normalized spacial score (nSPS) is 10.8. The van der Waals surface area contributed by atoms with Gasteiger partial charge in [0.05, 0.1) is 22.0 Å². The first-order valence-electron chi connectivity index (χ1n) is 8.10. The number of benzene rings is 2. The molecule has 2 N–H and O–H groups in total. The molecule has 1 amide bonds. The van der Waals surface area contributed by atoms with E-state index < -0.39 is 39.6 Å². The lowest BCUT2D eigenvalue weighted by Gasteiger charge is -2.19. The van der Waals surface area contributed by atoms with Gasteiger partial charge in [-0.25, -0.2) is 13.6 Å². The molecule has 12 heteroatoms. The number of nitrogens with one attached hydrogen (secondary N) is 2. The lowest BCUT2D eigenvalue weighted by atomic mass is 10.2. The highest BCUT2D eigenvalue weighted by molar-refractivity contribution is 5.88. The maximum atomic E-state index is 13.6. The Bertz CT molecular complexity index is 961. The maximum Gasteiger partial charge on any atom is 0.412 e. The fourth-order valence-electron chi connectivity index (χ4n) is 2.06. The topological polar surface area (TPSA) is 123 Å². The van der Waals surface area contributed by atoms with Gasteiger partial charge < -0.3 is 4.74 Å². The van der Waals surface area contributed by atoms with Crippen molar-refractivity contribution in [1.82, 2.24) is 0 Å². The molecule has 154 valence electrons. The Labute approximate surface area is 163 Å². The van der Waals surface area contributed by atoms with Crippen LogP contribution in [0.5, 0.6) is 0 Å². The lowest BCUT2D eigenvalue weighted by Crippen LogP contribution is -2.27. The second-order valence-electron chi connectivity index (χ2n) is 6.66. The number of nitrogens with zero attached hydrogens (tertiary/aromatic N) is 2. The minimum atomic E-state index is -0.902. The van der Waals surface area contributed by atoms with Crippen LogP contribution >= 0.6 is 0 Å². The van der Waals surface area contributed by atoms with Gasteiger partial charge in [0.15, 0.2) is 5.69 Å². The molecule has 0 spiro atoms. The third kappa shape index (κ3) is 6.09. The average Bonchev–Trinajstić information content (AvgIpc) is 2.60. The minimum absolute atomic E-state index is 0.147. The van der Waals surface area contributed by atoms with E-state index in [9.17, 15) is 28.6 Å². The van der Waals surface area contributed by atoms with Crippen LogP contribution in [0.2, 0.25) is 0 Å². The molecule has 2 rings (SSSR count). The summed E-state index contributed by atoms with van der Waals surface area (Å²) in [6.45, 7) is 4.88. The molecule has 0 unspecified atom stereocenters. The van der Waals surface area contributed by atoms with E-state index in [4.69, 9.17) is 4.74 Å². The summed E-state index contributed by atoms with van der Waals surface area (Å²) >= 11 is 0. The van der Waals surface area contributed by atoms with Gasteiger partial charge in [0, 0.05) is 0 Å². The van der Waals surface area contributed by atoms with Crippen molar-refractivity contribution in [2.75, 3.05) is 10.8 Å². The average molecular weight is 411 g/mol. The summed E-state index contributed by atoms with van der Waals surface area (Å²) in [5, 5.41) is 13.2. The van der Waals surface area contributed by atoms with Crippen molar-refractivity contribution >= 4 is 28.8 Å². The molecule has 0 aliphatic carbocycles. The first-order valence-corrected chi connectivity index (χ1v) is 8.10. The van der Waals surface area contributed by atoms with Crippen LogP contribution in [-0.2, 0) is 9.68 Å². The van der Waals surface area contributed by atoms with Crippen LogP contribution in [0.3, 0.4) is 0 Å². The van der Waals surface area contributed by atoms with E-state index in [-0.39, 0.29) is 16.3 Å². The molecular formula is C17H17F2N4O6+. The van der Waals surface area contributed by atoms with Gasteiger partial charge in [-0.05, 0) is 45.0 Å². The summed E-state index contributed by atoms with van der Waals surface area (Å²) in [5.74, 6) is -1.68. The SMILES string of the molecule is CC(C)(C)OC(=O)Nc1ccc(F)cc1[N+](=O)ONc1ccc(F)cc1[N+](=O)[O-]. The van der Waals surface area contributed by atoms with E-state index in [0.29, 0.717) is 6.07 Å². The molecule has 0 atom stereocenters. The molecular weight excluding hydrogens is 394 g/mol.